The number of hydrogen-bond acceptors (Lipinski definition) is 3. The van der Waals surface area contributed by atoms with Crippen LogP contribution in [0, 0.1) is 0 Å². The SMILES string of the molecule is CCCCCCc1cc(OC=O)ccc1C(=O)O. The third-order valence-corrected chi connectivity index (χ3v) is 2.79. The number of aromatic carboxylic acids is 1. The Kier molecular flexibility index (Phi) is 5.91. The van der Waals surface area contributed by atoms with E-state index in [0.29, 0.717) is 18.6 Å². The van der Waals surface area contributed by atoms with Crippen LogP contribution in [0.2, 0.25) is 0 Å². The van der Waals surface area contributed by atoms with Crippen LogP contribution in [0.3, 0.4) is 0 Å². The predicted octanol–water partition coefficient (Wildman–Crippen LogP) is 3.04. The fraction of sp³-hybridized carbons (Fsp3) is 0.429. The summed E-state index contributed by atoms with van der Waals surface area (Å²) >= 11 is 0. The van der Waals surface area contributed by atoms with E-state index in [9.17, 15) is 9.59 Å². The third-order valence-electron chi connectivity index (χ3n) is 2.79. The fourth-order valence-corrected chi connectivity index (χ4v) is 1.86. The summed E-state index contributed by atoms with van der Waals surface area (Å²) in [6, 6.07) is 4.60. The minimum Gasteiger partial charge on any atom is -0.478 e. The molecule has 0 unspecified atom stereocenters. The molecular weight excluding hydrogens is 232 g/mol. The Labute approximate surface area is 107 Å². The average molecular weight is 250 g/mol. The van der Waals surface area contributed by atoms with E-state index in [1.54, 1.807) is 6.07 Å². The third kappa shape index (κ3) is 4.20. The first-order valence-electron chi connectivity index (χ1n) is 6.15. The van der Waals surface area contributed by atoms with Crippen molar-refractivity contribution in [2.75, 3.05) is 0 Å². The molecule has 0 spiro atoms. The summed E-state index contributed by atoms with van der Waals surface area (Å²) in [7, 11) is 0. The van der Waals surface area contributed by atoms with Gasteiger partial charge in [0.15, 0.2) is 0 Å². The highest BCUT2D eigenvalue weighted by atomic mass is 16.5. The van der Waals surface area contributed by atoms with Crippen molar-refractivity contribution in [3.05, 3.63) is 29.3 Å². The maximum absolute atomic E-state index is 11.1. The van der Waals surface area contributed by atoms with Gasteiger partial charge in [0.2, 0.25) is 0 Å². The molecule has 0 amide bonds. The summed E-state index contributed by atoms with van der Waals surface area (Å²) < 4.78 is 4.74. The zero-order valence-electron chi connectivity index (χ0n) is 10.5. The summed E-state index contributed by atoms with van der Waals surface area (Å²) in [5, 5.41) is 9.08. The molecule has 18 heavy (non-hydrogen) atoms. The number of rotatable bonds is 8. The zero-order chi connectivity index (χ0) is 13.4. The zero-order valence-corrected chi connectivity index (χ0v) is 10.5. The Balaban J connectivity index is 2.79. The van der Waals surface area contributed by atoms with Gasteiger partial charge in [0.1, 0.15) is 5.75 Å². The van der Waals surface area contributed by atoms with Crippen LogP contribution in [-0.4, -0.2) is 17.5 Å². The molecule has 1 aromatic rings. The van der Waals surface area contributed by atoms with Crippen molar-refractivity contribution in [3.8, 4) is 5.75 Å². The van der Waals surface area contributed by atoms with Crippen LogP contribution in [-0.2, 0) is 11.2 Å². The first kappa shape index (κ1) is 14.2. The van der Waals surface area contributed by atoms with Crippen LogP contribution >= 0.6 is 0 Å². The lowest BCUT2D eigenvalue weighted by Crippen LogP contribution is -2.03. The molecule has 1 rings (SSSR count). The number of carboxylic acid groups (broad SMARTS) is 1. The molecule has 98 valence electrons. The molecule has 4 heteroatoms. The Morgan fingerprint density at radius 3 is 2.72 bits per heavy atom. The first-order chi connectivity index (χ1) is 8.69. The second-order valence-corrected chi connectivity index (χ2v) is 4.15. The van der Waals surface area contributed by atoms with Crippen molar-refractivity contribution in [3.63, 3.8) is 0 Å². The van der Waals surface area contributed by atoms with Gasteiger partial charge in [-0.3, -0.25) is 4.79 Å². The standard InChI is InChI=1S/C14H18O4/c1-2-3-4-5-6-11-9-12(18-10-15)7-8-13(11)14(16)17/h7-10H,2-6H2,1H3,(H,16,17). The number of carbonyl (C=O) groups is 2. The normalized spacial score (nSPS) is 10.1. The highest BCUT2D eigenvalue weighted by Gasteiger charge is 2.11. The second kappa shape index (κ2) is 7.48. The Morgan fingerprint density at radius 2 is 2.11 bits per heavy atom. The summed E-state index contributed by atoms with van der Waals surface area (Å²) in [5.74, 6) is -0.557. The van der Waals surface area contributed by atoms with E-state index in [0.717, 1.165) is 31.2 Å². The van der Waals surface area contributed by atoms with Gasteiger partial charge >= 0.3 is 5.97 Å². The van der Waals surface area contributed by atoms with E-state index in [1.165, 1.54) is 12.1 Å². The molecule has 0 aliphatic heterocycles. The predicted molar refractivity (Wildman–Crippen MR) is 67.9 cm³/mol. The van der Waals surface area contributed by atoms with Crippen LogP contribution in [0.15, 0.2) is 18.2 Å². The highest BCUT2D eigenvalue weighted by Crippen LogP contribution is 2.20. The number of ether oxygens (including phenoxy) is 1. The number of carbonyl (C=O) groups excluding carboxylic acids is 1. The van der Waals surface area contributed by atoms with Crippen molar-refractivity contribution in [1.82, 2.24) is 0 Å². The van der Waals surface area contributed by atoms with Crippen LogP contribution in [0.25, 0.3) is 0 Å². The Morgan fingerprint density at radius 1 is 1.33 bits per heavy atom. The van der Waals surface area contributed by atoms with Gasteiger partial charge in [-0.2, -0.15) is 0 Å². The van der Waals surface area contributed by atoms with Gasteiger partial charge in [-0.1, -0.05) is 26.2 Å². The van der Waals surface area contributed by atoms with Gasteiger partial charge in [0, 0.05) is 0 Å². The van der Waals surface area contributed by atoms with Crippen molar-refractivity contribution in [1.29, 1.82) is 0 Å². The number of benzene rings is 1. The van der Waals surface area contributed by atoms with Gasteiger partial charge in [-0.15, -0.1) is 0 Å². The number of hydrogen-bond donors (Lipinski definition) is 1. The van der Waals surface area contributed by atoms with Crippen LogP contribution in [0.4, 0.5) is 0 Å². The van der Waals surface area contributed by atoms with Crippen molar-refractivity contribution < 1.29 is 19.4 Å². The van der Waals surface area contributed by atoms with Crippen LogP contribution in [0.1, 0.15) is 48.5 Å². The average Bonchev–Trinajstić information content (AvgIpc) is 2.35. The molecule has 4 nitrogen and oxygen atoms in total. The molecule has 0 aliphatic rings. The van der Waals surface area contributed by atoms with E-state index in [2.05, 4.69) is 6.92 Å². The molecule has 1 N–H and O–H groups in total. The van der Waals surface area contributed by atoms with Gasteiger partial charge < -0.3 is 9.84 Å². The van der Waals surface area contributed by atoms with E-state index in [-0.39, 0.29) is 5.56 Å². The molecule has 0 saturated heterocycles. The summed E-state index contributed by atoms with van der Waals surface area (Å²) in [6.45, 7) is 2.47. The molecule has 0 bridgehead atoms. The minimum absolute atomic E-state index is 0.282. The van der Waals surface area contributed by atoms with Crippen molar-refractivity contribution >= 4 is 12.4 Å². The largest absolute Gasteiger partial charge is 0.478 e. The van der Waals surface area contributed by atoms with Crippen molar-refractivity contribution in [2.45, 2.75) is 39.0 Å². The van der Waals surface area contributed by atoms with Gasteiger partial charge in [-0.05, 0) is 36.6 Å². The van der Waals surface area contributed by atoms with Gasteiger partial charge in [0.05, 0.1) is 5.56 Å². The summed E-state index contributed by atoms with van der Waals surface area (Å²) in [6.07, 6.45) is 5.00. The van der Waals surface area contributed by atoms with E-state index in [1.807, 2.05) is 0 Å². The molecule has 0 saturated carbocycles. The molecule has 0 heterocycles. The van der Waals surface area contributed by atoms with E-state index < -0.39 is 5.97 Å². The number of unbranched alkanes of at least 4 members (excludes halogenated alkanes) is 3. The van der Waals surface area contributed by atoms with Gasteiger partial charge in [0.25, 0.3) is 6.47 Å². The monoisotopic (exact) mass is 250 g/mol. The van der Waals surface area contributed by atoms with E-state index >= 15 is 0 Å². The molecule has 0 fully saturated rings. The molecule has 0 aliphatic carbocycles. The Hall–Kier alpha value is -1.84. The lowest BCUT2D eigenvalue weighted by molar-refractivity contribution is -0.120. The smallest absolute Gasteiger partial charge is 0.335 e. The molecule has 0 atom stereocenters. The van der Waals surface area contributed by atoms with Crippen LogP contribution in [0.5, 0.6) is 5.75 Å². The summed E-state index contributed by atoms with van der Waals surface area (Å²) in [5.41, 5.74) is 1.00. The maximum Gasteiger partial charge on any atom is 0.335 e. The number of aryl methyl sites for hydroxylation is 1. The molecule has 1 aromatic carbocycles. The lowest BCUT2D eigenvalue weighted by atomic mass is 10.0. The van der Waals surface area contributed by atoms with Crippen molar-refractivity contribution in [2.24, 2.45) is 0 Å². The highest BCUT2D eigenvalue weighted by molar-refractivity contribution is 5.89. The molecule has 0 radical (unpaired) electrons. The topological polar surface area (TPSA) is 63.6 Å². The minimum atomic E-state index is -0.946. The first-order valence-corrected chi connectivity index (χ1v) is 6.15. The molecular formula is C14H18O4. The van der Waals surface area contributed by atoms with Crippen LogP contribution < -0.4 is 4.74 Å². The second-order valence-electron chi connectivity index (χ2n) is 4.15. The quantitative estimate of drug-likeness (QED) is 0.569. The molecule has 0 aromatic heterocycles. The fourth-order valence-electron chi connectivity index (χ4n) is 1.86. The number of carboxylic acids is 1. The maximum atomic E-state index is 11.1. The van der Waals surface area contributed by atoms with E-state index in [4.69, 9.17) is 9.84 Å². The Bertz CT molecular complexity index is 412. The van der Waals surface area contributed by atoms with Gasteiger partial charge in [-0.25, -0.2) is 4.79 Å². The lowest BCUT2D eigenvalue weighted by Gasteiger charge is -2.07. The summed E-state index contributed by atoms with van der Waals surface area (Å²) in [4.78, 5) is 21.3.